The van der Waals surface area contributed by atoms with Gasteiger partial charge in [0.1, 0.15) is 5.69 Å². The lowest BCUT2D eigenvalue weighted by atomic mass is 10.2. The molecule has 0 radical (unpaired) electrons. The molecule has 1 heterocycles. The first-order valence-corrected chi connectivity index (χ1v) is 6.96. The summed E-state index contributed by atoms with van der Waals surface area (Å²) in [5.41, 5.74) is 0.318. The Labute approximate surface area is 99.1 Å². The van der Waals surface area contributed by atoms with Crippen molar-refractivity contribution in [2.24, 2.45) is 0 Å². The third-order valence-corrected chi connectivity index (χ3v) is 2.75. The molecule has 1 N–H and O–H groups in total. The van der Waals surface area contributed by atoms with Gasteiger partial charge in [-0.3, -0.25) is 14.5 Å². The number of hydrogen-bond donors (Lipinski definition) is 1. The molecule has 6 nitrogen and oxygen atoms in total. The van der Waals surface area contributed by atoms with Gasteiger partial charge in [-0.1, -0.05) is 0 Å². The van der Waals surface area contributed by atoms with Crippen LogP contribution in [0.5, 0.6) is 5.75 Å². The summed E-state index contributed by atoms with van der Waals surface area (Å²) in [7, 11) is -3.46. The Hall–Kier alpha value is -1.63. The van der Waals surface area contributed by atoms with Gasteiger partial charge in [0.15, 0.2) is 12.0 Å². The number of pyridine rings is 1. The molecule has 0 bridgehead atoms. The van der Waals surface area contributed by atoms with Crippen molar-refractivity contribution >= 4 is 22.0 Å². The number of aldehydes is 1. The minimum atomic E-state index is -3.46. The first kappa shape index (κ1) is 11.8. The van der Waals surface area contributed by atoms with Crippen molar-refractivity contribution in [2.45, 2.75) is 18.9 Å². The summed E-state index contributed by atoms with van der Waals surface area (Å²) >= 11 is 0. The fourth-order valence-electron chi connectivity index (χ4n) is 1.30. The van der Waals surface area contributed by atoms with Crippen molar-refractivity contribution in [1.29, 1.82) is 0 Å². The molecule has 1 aliphatic carbocycles. The highest BCUT2D eigenvalue weighted by atomic mass is 32.2. The van der Waals surface area contributed by atoms with Crippen LogP contribution in [0.4, 0.5) is 5.69 Å². The van der Waals surface area contributed by atoms with Gasteiger partial charge in [0.05, 0.1) is 24.1 Å². The van der Waals surface area contributed by atoms with Crippen LogP contribution in [0.1, 0.15) is 23.2 Å². The van der Waals surface area contributed by atoms with Crippen molar-refractivity contribution < 1.29 is 17.9 Å². The van der Waals surface area contributed by atoms with Gasteiger partial charge in [-0.2, -0.15) is 0 Å². The lowest BCUT2D eigenvalue weighted by Gasteiger charge is -2.12. The fourth-order valence-corrected chi connectivity index (χ4v) is 1.88. The molecule has 0 amide bonds. The molecule has 1 aromatic heterocycles. The summed E-state index contributed by atoms with van der Waals surface area (Å²) in [4.78, 5) is 14.7. The summed E-state index contributed by atoms with van der Waals surface area (Å²) in [5.74, 6) is 0.294. The van der Waals surface area contributed by atoms with Crippen molar-refractivity contribution in [3.63, 3.8) is 0 Å². The maximum absolute atomic E-state index is 11.2. The SMILES string of the molecule is CS(=O)(=O)Nc1c(C=O)cncc1OC1CC1. The average Bonchev–Trinajstić information content (AvgIpc) is 3.02. The minimum Gasteiger partial charge on any atom is -0.487 e. The van der Waals surface area contributed by atoms with Crippen LogP contribution in [0.2, 0.25) is 0 Å². The minimum absolute atomic E-state index is 0.0961. The first-order valence-electron chi connectivity index (χ1n) is 5.07. The van der Waals surface area contributed by atoms with Gasteiger partial charge in [-0.05, 0) is 12.8 Å². The van der Waals surface area contributed by atoms with E-state index in [1.54, 1.807) is 0 Å². The van der Waals surface area contributed by atoms with E-state index in [-0.39, 0.29) is 17.4 Å². The van der Waals surface area contributed by atoms with E-state index in [9.17, 15) is 13.2 Å². The monoisotopic (exact) mass is 256 g/mol. The highest BCUT2D eigenvalue weighted by Crippen LogP contribution is 2.33. The Morgan fingerprint density at radius 1 is 1.47 bits per heavy atom. The zero-order chi connectivity index (χ0) is 12.5. The van der Waals surface area contributed by atoms with Crippen LogP contribution in [0.3, 0.4) is 0 Å². The number of nitrogens with one attached hydrogen (secondary N) is 1. The zero-order valence-corrected chi connectivity index (χ0v) is 10.0. The van der Waals surface area contributed by atoms with Crippen LogP contribution in [0, 0.1) is 0 Å². The van der Waals surface area contributed by atoms with E-state index in [0.717, 1.165) is 19.1 Å². The van der Waals surface area contributed by atoms with Crippen molar-refractivity contribution in [3.05, 3.63) is 18.0 Å². The number of rotatable bonds is 5. The molecule has 0 aromatic carbocycles. The van der Waals surface area contributed by atoms with Crippen molar-refractivity contribution in [3.8, 4) is 5.75 Å². The lowest BCUT2D eigenvalue weighted by molar-refractivity contribution is 0.112. The second kappa shape index (κ2) is 4.33. The molecule has 0 unspecified atom stereocenters. The van der Waals surface area contributed by atoms with Gasteiger partial charge >= 0.3 is 0 Å². The molecule has 1 aliphatic rings. The number of hydrogen-bond acceptors (Lipinski definition) is 5. The van der Waals surface area contributed by atoms with Gasteiger partial charge < -0.3 is 4.74 Å². The molecule has 0 atom stereocenters. The Morgan fingerprint density at radius 2 is 2.18 bits per heavy atom. The highest BCUT2D eigenvalue weighted by molar-refractivity contribution is 7.92. The maximum atomic E-state index is 11.2. The number of carbonyl (C=O) groups is 1. The van der Waals surface area contributed by atoms with Crippen LogP contribution in [0.15, 0.2) is 12.4 Å². The number of sulfonamides is 1. The number of aromatic nitrogens is 1. The molecule has 1 aromatic rings. The van der Waals surface area contributed by atoms with Gasteiger partial charge in [-0.15, -0.1) is 0 Å². The summed E-state index contributed by atoms with van der Waals surface area (Å²) in [6.07, 6.45) is 6.22. The molecule has 0 spiro atoms. The predicted molar refractivity (Wildman–Crippen MR) is 61.7 cm³/mol. The molecule has 92 valence electrons. The fraction of sp³-hybridized carbons (Fsp3) is 0.400. The van der Waals surface area contributed by atoms with E-state index in [1.807, 2.05) is 0 Å². The average molecular weight is 256 g/mol. The van der Waals surface area contributed by atoms with E-state index >= 15 is 0 Å². The Bertz CT molecular complexity index is 537. The quantitative estimate of drug-likeness (QED) is 0.788. The summed E-state index contributed by atoms with van der Waals surface area (Å²) in [5, 5.41) is 0. The van der Waals surface area contributed by atoms with Crippen LogP contribution < -0.4 is 9.46 Å². The number of ether oxygens (including phenoxy) is 1. The first-order chi connectivity index (χ1) is 7.99. The smallest absolute Gasteiger partial charge is 0.229 e. The maximum Gasteiger partial charge on any atom is 0.229 e. The normalized spacial score (nSPS) is 15.4. The third kappa shape index (κ3) is 3.16. The summed E-state index contributed by atoms with van der Waals surface area (Å²) in [6.45, 7) is 0. The van der Waals surface area contributed by atoms with Crippen molar-refractivity contribution in [2.75, 3.05) is 11.0 Å². The van der Waals surface area contributed by atoms with Gasteiger partial charge in [-0.25, -0.2) is 8.42 Å². The number of carbonyl (C=O) groups excluding carboxylic acids is 1. The summed E-state index contributed by atoms with van der Waals surface area (Å²) < 4.78 is 30.2. The molecule has 7 heteroatoms. The van der Waals surface area contributed by atoms with Crippen LogP contribution >= 0.6 is 0 Å². The number of nitrogens with zero attached hydrogens (tertiary/aromatic N) is 1. The van der Waals surface area contributed by atoms with E-state index in [4.69, 9.17) is 4.74 Å². The highest BCUT2D eigenvalue weighted by Gasteiger charge is 2.26. The molecular formula is C10H12N2O4S. The van der Waals surface area contributed by atoms with Gasteiger partial charge in [0.25, 0.3) is 0 Å². The Balaban J connectivity index is 2.38. The molecule has 0 aliphatic heterocycles. The topological polar surface area (TPSA) is 85.4 Å². The van der Waals surface area contributed by atoms with E-state index in [1.165, 1.54) is 12.4 Å². The predicted octanol–water partition coefficient (Wildman–Crippen LogP) is 0.807. The van der Waals surface area contributed by atoms with Gasteiger partial charge in [0.2, 0.25) is 10.0 Å². The van der Waals surface area contributed by atoms with Crippen LogP contribution in [-0.4, -0.2) is 32.0 Å². The Morgan fingerprint density at radius 3 is 2.71 bits per heavy atom. The van der Waals surface area contributed by atoms with Gasteiger partial charge in [0, 0.05) is 6.20 Å². The van der Waals surface area contributed by atoms with Crippen molar-refractivity contribution in [1.82, 2.24) is 4.98 Å². The second-order valence-electron chi connectivity index (χ2n) is 3.91. The molecule has 2 rings (SSSR count). The lowest BCUT2D eigenvalue weighted by Crippen LogP contribution is -2.13. The standard InChI is InChI=1S/C10H12N2O4S/c1-17(14,15)12-10-7(6-13)4-11-5-9(10)16-8-2-3-8/h4-6,8H,2-3H2,1H3,(H,11,12). The van der Waals surface area contributed by atoms with E-state index in [2.05, 4.69) is 9.71 Å². The molecular weight excluding hydrogens is 244 g/mol. The molecule has 17 heavy (non-hydrogen) atoms. The van der Waals surface area contributed by atoms with Crippen LogP contribution in [-0.2, 0) is 10.0 Å². The second-order valence-corrected chi connectivity index (χ2v) is 5.66. The van der Waals surface area contributed by atoms with E-state index in [0.29, 0.717) is 12.0 Å². The summed E-state index contributed by atoms with van der Waals surface area (Å²) in [6, 6.07) is 0. The molecule has 0 saturated heterocycles. The largest absolute Gasteiger partial charge is 0.487 e. The number of anilines is 1. The van der Waals surface area contributed by atoms with Crippen LogP contribution in [0.25, 0.3) is 0 Å². The Kier molecular flexibility index (Phi) is 3.01. The zero-order valence-electron chi connectivity index (χ0n) is 9.21. The van der Waals surface area contributed by atoms with E-state index < -0.39 is 10.0 Å². The third-order valence-electron chi connectivity index (χ3n) is 2.17. The molecule has 1 saturated carbocycles. The molecule has 1 fully saturated rings.